The summed E-state index contributed by atoms with van der Waals surface area (Å²) in [5.74, 6) is 1.51. The third kappa shape index (κ3) is 6.39. The monoisotopic (exact) mass is 379 g/mol. The summed E-state index contributed by atoms with van der Waals surface area (Å²) in [6.07, 6.45) is -1.08. The normalized spacial score (nSPS) is 12.0. The molecule has 0 heterocycles. The highest BCUT2D eigenvalue weighted by molar-refractivity contribution is 5.27. The van der Waals surface area contributed by atoms with Crippen molar-refractivity contribution in [3.05, 3.63) is 96.1 Å². The van der Waals surface area contributed by atoms with Gasteiger partial charge in [-0.05, 0) is 35.4 Å². The van der Waals surface area contributed by atoms with Crippen LogP contribution in [0.15, 0.2) is 84.9 Å². The molecule has 3 rings (SSSR count). The molecule has 0 bridgehead atoms. The number of ether oxygens (including phenoxy) is 2. The van der Waals surface area contributed by atoms with Crippen molar-refractivity contribution in [2.75, 3.05) is 20.3 Å². The lowest BCUT2D eigenvalue weighted by atomic mass is 10.1. The van der Waals surface area contributed by atoms with Crippen LogP contribution >= 0.6 is 0 Å². The van der Waals surface area contributed by atoms with Gasteiger partial charge in [0.25, 0.3) is 0 Å². The van der Waals surface area contributed by atoms with E-state index in [1.165, 1.54) is 0 Å². The maximum atomic E-state index is 14.7. The maximum absolute atomic E-state index is 14.7. The van der Waals surface area contributed by atoms with Crippen LogP contribution < -0.4 is 9.47 Å². The zero-order valence-electron chi connectivity index (χ0n) is 16.1. The van der Waals surface area contributed by atoms with E-state index in [0.717, 1.165) is 16.9 Å². The number of alkyl halides is 1. The van der Waals surface area contributed by atoms with E-state index in [1.807, 2.05) is 72.8 Å². The van der Waals surface area contributed by atoms with Crippen LogP contribution in [0.4, 0.5) is 4.39 Å². The average molecular weight is 379 g/mol. The van der Waals surface area contributed by atoms with Crippen molar-refractivity contribution in [3.8, 4) is 11.5 Å². The highest BCUT2D eigenvalue weighted by Gasteiger charge is 2.15. The van der Waals surface area contributed by atoms with Crippen molar-refractivity contribution < 1.29 is 13.9 Å². The van der Waals surface area contributed by atoms with Crippen LogP contribution in [-0.2, 0) is 13.1 Å². The molecule has 0 saturated carbocycles. The van der Waals surface area contributed by atoms with E-state index >= 15 is 0 Å². The smallest absolute Gasteiger partial charge is 0.147 e. The van der Waals surface area contributed by atoms with Crippen LogP contribution in [0.2, 0.25) is 0 Å². The van der Waals surface area contributed by atoms with Gasteiger partial charge in [-0.15, -0.1) is 0 Å². The third-order valence-electron chi connectivity index (χ3n) is 4.44. The van der Waals surface area contributed by atoms with Crippen LogP contribution in [-0.4, -0.2) is 31.3 Å². The van der Waals surface area contributed by atoms with Gasteiger partial charge in [-0.25, -0.2) is 4.39 Å². The zero-order chi connectivity index (χ0) is 19.6. The number of hydrogen-bond acceptors (Lipinski definition) is 3. The predicted molar refractivity (Wildman–Crippen MR) is 110 cm³/mol. The molecule has 0 radical (unpaired) electrons. The first-order valence-electron chi connectivity index (χ1n) is 9.44. The van der Waals surface area contributed by atoms with Crippen molar-refractivity contribution in [1.82, 2.24) is 4.90 Å². The molecule has 3 nitrogen and oxygen atoms in total. The Morgan fingerprint density at radius 1 is 0.750 bits per heavy atom. The van der Waals surface area contributed by atoms with Crippen LogP contribution in [0.3, 0.4) is 0 Å². The molecular weight excluding hydrogens is 353 g/mol. The van der Waals surface area contributed by atoms with Gasteiger partial charge in [0.2, 0.25) is 0 Å². The molecular formula is C24H26FNO2. The molecule has 0 aliphatic rings. The quantitative estimate of drug-likeness (QED) is 0.488. The van der Waals surface area contributed by atoms with Gasteiger partial charge in [0, 0.05) is 19.6 Å². The van der Waals surface area contributed by atoms with E-state index in [9.17, 15) is 4.39 Å². The zero-order valence-corrected chi connectivity index (χ0v) is 16.1. The third-order valence-corrected chi connectivity index (χ3v) is 4.44. The van der Waals surface area contributed by atoms with Crippen molar-refractivity contribution in [2.24, 2.45) is 0 Å². The Balaban J connectivity index is 1.62. The van der Waals surface area contributed by atoms with E-state index in [4.69, 9.17) is 9.47 Å². The lowest BCUT2D eigenvalue weighted by molar-refractivity contribution is 0.129. The molecule has 0 spiro atoms. The summed E-state index contributed by atoms with van der Waals surface area (Å²) >= 11 is 0. The molecule has 0 saturated heterocycles. The summed E-state index contributed by atoms with van der Waals surface area (Å²) in [5.41, 5.74) is 2.28. The van der Waals surface area contributed by atoms with Crippen LogP contribution in [0.25, 0.3) is 0 Å². The predicted octanol–water partition coefficient (Wildman–Crippen LogP) is 5.11. The minimum absolute atomic E-state index is 0.0396. The Bertz CT molecular complexity index is 809. The van der Waals surface area contributed by atoms with Gasteiger partial charge in [0.15, 0.2) is 0 Å². The number of methoxy groups -OCH3 is 1. The first-order valence-corrected chi connectivity index (χ1v) is 9.44. The van der Waals surface area contributed by atoms with Gasteiger partial charge < -0.3 is 9.47 Å². The second kappa shape index (κ2) is 10.5. The molecule has 1 unspecified atom stereocenters. The summed E-state index contributed by atoms with van der Waals surface area (Å²) in [6.45, 7) is 1.68. The highest BCUT2D eigenvalue weighted by Crippen LogP contribution is 2.16. The molecule has 146 valence electrons. The highest BCUT2D eigenvalue weighted by atomic mass is 19.1. The number of nitrogens with zero attached hydrogens (tertiary/aromatic N) is 1. The molecule has 0 N–H and O–H groups in total. The number of rotatable bonds is 10. The van der Waals surface area contributed by atoms with E-state index in [2.05, 4.69) is 17.0 Å². The summed E-state index contributed by atoms with van der Waals surface area (Å²) < 4.78 is 25.5. The molecule has 28 heavy (non-hydrogen) atoms. The van der Waals surface area contributed by atoms with Gasteiger partial charge in [0.1, 0.15) is 24.3 Å². The standard InChI is InChI=1S/C24H26FNO2/c1-27-23-14-12-21(13-15-23)17-26(16-20-8-4-2-5-9-20)18-22(25)19-28-24-10-6-3-7-11-24/h2-15,22H,16-19H2,1H3. The molecule has 0 fully saturated rings. The number of benzene rings is 3. The van der Waals surface area contributed by atoms with Gasteiger partial charge in [-0.1, -0.05) is 60.7 Å². The minimum Gasteiger partial charge on any atom is -0.497 e. The van der Waals surface area contributed by atoms with E-state index < -0.39 is 6.17 Å². The van der Waals surface area contributed by atoms with Crippen LogP contribution in [0, 0.1) is 0 Å². The summed E-state index contributed by atoms with van der Waals surface area (Å²) in [5, 5.41) is 0. The number of para-hydroxylation sites is 1. The van der Waals surface area contributed by atoms with Crippen LogP contribution in [0.5, 0.6) is 11.5 Å². The molecule has 3 aromatic carbocycles. The van der Waals surface area contributed by atoms with Crippen molar-refractivity contribution in [3.63, 3.8) is 0 Å². The molecule has 0 aliphatic heterocycles. The second-order valence-electron chi connectivity index (χ2n) is 6.72. The average Bonchev–Trinajstić information content (AvgIpc) is 2.74. The Morgan fingerprint density at radius 3 is 1.93 bits per heavy atom. The van der Waals surface area contributed by atoms with Crippen molar-refractivity contribution in [1.29, 1.82) is 0 Å². The van der Waals surface area contributed by atoms with Gasteiger partial charge in [-0.3, -0.25) is 4.90 Å². The fourth-order valence-electron chi connectivity index (χ4n) is 3.05. The molecule has 1 atom stereocenters. The Labute approximate surface area is 166 Å². The van der Waals surface area contributed by atoms with E-state index in [-0.39, 0.29) is 6.61 Å². The van der Waals surface area contributed by atoms with Gasteiger partial charge in [0.05, 0.1) is 7.11 Å². The fraction of sp³-hybridized carbons (Fsp3) is 0.250. The summed E-state index contributed by atoms with van der Waals surface area (Å²) in [6, 6.07) is 27.4. The minimum atomic E-state index is -1.08. The lowest BCUT2D eigenvalue weighted by Gasteiger charge is -2.24. The van der Waals surface area contributed by atoms with E-state index in [1.54, 1.807) is 7.11 Å². The van der Waals surface area contributed by atoms with Crippen molar-refractivity contribution in [2.45, 2.75) is 19.3 Å². The molecule has 3 aromatic rings. The van der Waals surface area contributed by atoms with Gasteiger partial charge >= 0.3 is 0 Å². The van der Waals surface area contributed by atoms with Crippen molar-refractivity contribution >= 4 is 0 Å². The molecule has 0 aromatic heterocycles. The molecule has 4 heteroatoms. The first-order chi connectivity index (χ1) is 13.7. The summed E-state index contributed by atoms with van der Waals surface area (Å²) in [7, 11) is 1.65. The van der Waals surface area contributed by atoms with Gasteiger partial charge in [-0.2, -0.15) is 0 Å². The largest absolute Gasteiger partial charge is 0.497 e. The topological polar surface area (TPSA) is 21.7 Å². The van der Waals surface area contributed by atoms with Crippen LogP contribution in [0.1, 0.15) is 11.1 Å². The fourth-order valence-corrected chi connectivity index (χ4v) is 3.05. The number of halogens is 1. The lowest BCUT2D eigenvalue weighted by Crippen LogP contribution is -2.32. The second-order valence-corrected chi connectivity index (χ2v) is 6.72. The first kappa shape index (κ1) is 19.9. The molecule has 0 aliphatic carbocycles. The SMILES string of the molecule is COc1ccc(CN(Cc2ccccc2)CC(F)COc2ccccc2)cc1. The Kier molecular flexibility index (Phi) is 7.44. The number of hydrogen-bond donors (Lipinski definition) is 0. The summed E-state index contributed by atoms with van der Waals surface area (Å²) in [4.78, 5) is 2.11. The van der Waals surface area contributed by atoms with E-state index in [0.29, 0.717) is 25.4 Å². The molecule has 0 amide bonds. The Morgan fingerprint density at radius 2 is 1.32 bits per heavy atom. The maximum Gasteiger partial charge on any atom is 0.147 e. The Hall–Kier alpha value is -2.85.